The van der Waals surface area contributed by atoms with Crippen LogP contribution in [0.3, 0.4) is 0 Å². The molecule has 0 N–H and O–H groups in total. The van der Waals surface area contributed by atoms with Crippen molar-refractivity contribution < 1.29 is 8.91 Å². The van der Waals surface area contributed by atoms with E-state index in [0.717, 1.165) is 47.1 Å². The van der Waals surface area contributed by atoms with Crippen molar-refractivity contribution in [2.45, 2.75) is 26.8 Å². The van der Waals surface area contributed by atoms with Crippen molar-refractivity contribution in [3.63, 3.8) is 0 Å². The van der Waals surface area contributed by atoms with Crippen LogP contribution in [0.5, 0.6) is 0 Å². The molecule has 1 aromatic carbocycles. The first-order valence-corrected chi connectivity index (χ1v) is 7.90. The van der Waals surface area contributed by atoms with Crippen LogP contribution in [-0.4, -0.2) is 21.7 Å². The Morgan fingerprint density at radius 3 is 2.96 bits per heavy atom. The summed E-state index contributed by atoms with van der Waals surface area (Å²) in [5.74, 6) is 2.27. The Bertz CT molecular complexity index is 906. The van der Waals surface area contributed by atoms with E-state index in [1.807, 2.05) is 26.1 Å². The molecule has 5 nitrogen and oxygen atoms in total. The van der Waals surface area contributed by atoms with Crippen molar-refractivity contribution in [3.8, 4) is 11.3 Å². The number of rotatable bonds is 2. The zero-order valence-electron chi connectivity index (χ0n) is 13.6. The number of aryl methyl sites for hydroxylation is 2. The predicted molar refractivity (Wildman–Crippen MR) is 88.2 cm³/mol. The molecule has 2 aromatic heterocycles. The first kappa shape index (κ1) is 14.8. The monoisotopic (exact) mass is 324 g/mol. The van der Waals surface area contributed by atoms with Crippen molar-refractivity contribution in [2.24, 2.45) is 0 Å². The van der Waals surface area contributed by atoms with Crippen molar-refractivity contribution in [3.05, 3.63) is 59.0 Å². The van der Waals surface area contributed by atoms with Gasteiger partial charge in [-0.05, 0) is 26.0 Å². The quantitative estimate of drug-likeness (QED) is 0.722. The average molecular weight is 324 g/mol. The van der Waals surface area contributed by atoms with E-state index in [4.69, 9.17) is 4.52 Å². The van der Waals surface area contributed by atoms with Crippen LogP contribution in [0.1, 0.15) is 22.7 Å². The van der Waals surface area contributed by atoms with E-state index in [0.29, 0.717) is 12.2 Å². The molecule has 0 bridgehead atoms. The third kappa shape index (κ3) is 2.54. The molecule has 6 heteroatoms. The number of aromatic nitrogens is 3. The van der Waals surface area contributed by atoms with Crippen LogP contribution in [0.4, 0.5) is 10.2 Å². The maximum atomic E-state index is 13.5. The second-order valence-electron chi connectivity index (χ2n) is 6.04. The lowest BCUT2D eigenvalue weighted by atomic mass is 10.0. The van der Waals surface area contributed by atoms with Gasteiger partial charge in [0.25, 0.3) is 0 Å². The SMILES string of the molecule is Cc1ncc(C)c(N2CCc3onc(-c4cccc(F)c4)c3C2)n1. The summed E-state index contributed by atoms with van der Waals surface area (Å²) < 4.78 is 19.0. The van der Waals surface area contributed by atoms with E-state index >= 15 is 0 Å². The lowest BCUT2D eigenvalue weighted by Gasteiger charge is -2.28. The highest BCUT2D eigenvalue weighted by Crippen LogP contribution is 2.32. The molecule has 0 amide bonds. The Morgan fingerprint density at radius 1 is 1.25 bits per heavy atom. The van der Waals surface area contributed by atoms with Gasteiger partial charge in [0, 0.05) is 35.9 Å². The lowest BCUT2D eigenvalue weighted by Crippen LogP contribution is -2.31. The van der Waals surface area contributed by atoms with Crippen molar-refractivity contribution in [2.75, 3.05) is 11.4 Å². The third-order valence-electron chi connectivity index (χ3n) is 4.29. The third-order valence-corrected chi connectivity index (χ3v) is 4.29. The molecule has 0 aliphatic carbocycles. The molecule has 0 saturated carbocycles. The molecule has 1 aliphatic rings. The van der Waals surface area contributed by atoms with E-state index in [2.05, 4.69) is 20.0 Å². The van der Waals surface area contributed by atoms with E-state index in [1.165, 1.54) is 12.1 Å². The van der Waals surface area contributed by atoms with Crippen LogP contribution in [0, 0.1) is 19.7 Å². The fraction of sp³-hybridized carbons (Fsp3) is 0.278. The Labute approximate surface area is 139 Å². The second-order valence-corrected chi connectivity index (χ2v) is 6.04. The number of hydrogen-bond donors (Lipinski definition) is 0. The van der Waals surface area contributed by atoms with Crippen LogP contribution in [0.25, 0.3) is 11.3 Å². The zero-order chi connectivity index (χ0) is 16.7. The first-order chi connectivity index (χ1) is 11.6. The number of fused-ring (bicyclic) bond motifs is 1. The molecule has 0 spiro atoms. The summed E-state index contributed by atoms with van der Waals surface area (Å²) in [5, 5.41) is 4.18. The summed E-state index contributed by atoms with van der Waals surface area (Å²) in [7, 11) is 0. The molecular formula is C18H17FN4O. The van der Waals surface area contributed by atoms with Gasteiger partial charge in [0.05, 0.1) is 6.54 Å². The standard InChI is InChI=1S/C18H17FN4O/c1-11-9-20-12(2)21-18(11)23-7-6-16-15(10-23)17(22-24-16)13-4-3-5-14(19)8-13/h3-5,8-9H,6-7,10H2,1-2H3. The van der Waals surface area contributed by atoms with Gasteiger partial charge in [0.15, 0.2) is 0 Å². The molecule has 0 saturated heterocycles. The van der Waals surface area contributed by atoms with Gasteiger partial charge in [0.1, 0.15) is 28.9 Å². The Kier molecular flexibility index (Phi) is 3.52. The molecule has 0 fully saturated rings. The van der Waals surface area contributed by atoms with E-state index in [1.54, 1.807) is 6.07 Å². The van der Waals surface area contributed by atoms with Crippen LogP contribution in [-0.2, 0) is 13.0 Å². The summed E-state index contributed by atoms with van der Waals surface area (Å²) in [4.78, 5) is 11.0. The molecular weight excluding hydrogens is 307 g/mol. The van der Waals surface area contributed by atoms with Crippen LogP contribution in [0.2, 0.25) is 0 Å². The summed E-state index contributed by atoms with van der Waals surface area (Å²) in [6.07, 6.45) is 2.59. The molecule has 0 atom stereocenters. The van der Waals surface area contributed by atoms with Gasteiger partial charge < -0.3 is 9.42 Å². The summed E-state index contributed by atoms with van der Waals surface area (Å²) in [6, 6.07) is 6.44. The minimum absolute atomic E-state index is 0.279. The minimum atomic E-state index is -0.279. The summed E-state index contributed by atoms with van der Waals surface area (Å²) in [6.45, 7) is 5.34. The molecule has 0 unspecified atom stereocenters. The summed E-state index contributed by atoms with van der Waals surface area (Å²) in [5.41, 5.74) is 3.48. The van der Waals surface area contributed by atoms with Gasteiger partial charge >= 0.3 is 0 Å². The number of nitrogens with zero attached hydrogens (tertiary/aromatic N) is 4. The molecule has 122 valence electrons. The maximum Gasteiger partial charge on any atom is 0.144 e. The van der Waals surface area contributed by atoms with Crippen molar-refractivity contribution in [1.29, 1.82) is 0 Å². The Morgan fingerprint density at radius 2 is 2.12 bits per heavy atom. The molecule has 0 radical (unpaired) electrons. The van der Waals surface area contributed by atoms with Crippen LogP contribution < -0.4 is 4.90 Å². The van der Waals surface area contributed by atoms with Crippen molar-refractivity contribution >= 4 is 5.82 Å². The molecule has 24 heavy (non-hydrogen) atoms. The highest BCUT2D eigenvalue weighted by molar-refractivity contribution is 5.65. The average Bonchev–Trinajstić information content (AvgIpc) is 3.00. The largest absolute Gasteiger partial charge is 0.360 e. The topological polar surface area (TPSA) is 55.1 Å². The number of anilines is 1. The normalized spacial score (nSPS) is 13.9. The van der Waals surface area contributed by atoms with Gasteiger partial charge in [-0.25, -0.2) is 14.4 Å². The second kappa shape index (κ2) is 5.70. The van der Waals surface area contributed by atoms with Gasteiger partial charge in [-0.1, -0.05) is 17.3 Å². The van der Waals surface area contributed by atoms with Gasteiger partial charge in [-0.2, -0.15) is 0 Å². The Balaban J connectivity index is 1.72. The Hall–Kier alpha value is -2.76. The van der Waals surface area contributed by atoms with Gasteiger partial charge in [0.2, 0.25) is 0 Å². The number of hydrogen-bond acceptors (Lipinski definition) is 5. The highest BCUT2D eigenvalue weighted by Gasteiger charge is 2.26. The molecule has 3 aromatic rings. The maximum absolute atomic E-state index is 13.5. The molecule has 4 rings (SSSR count). The van der Waals surface area contributed by atoms with Crippen LogP contribution in [0.15, 0.2) is 35.0 Å². The van der Waals surface area contributed by atoms with E-state index in [-0.39, 0.29) is 5.82 Å². The van der Waals surface area contributed by atoms with Gasteiger partial charge in [-0.3, -0.25) is 0 Å². The van der Waals surface area contributed by atoms with E-state index < -0.39 is 0 Å². The number of benzene rings is 1. The number of halogens is 1. The molecule has 3 heterocycles. The fourth-order valence-electron chi connectivity index (χ4n) is 3.09. The molecule has 1 aliphatic heterocycles. The smallest absolute Gasteiger partial charge is 0.144 e. The highest BCUT2D eigenvalue weighted by atomic mass is 19.1. The zero-order valence-corrected chi connectivity index (χ0v) is 13.6. The first-order valence-electron chi connectivity index (χ1n) is 7.90. The fourth-order valence-corrected chi connectivity index (χ4v) is 3.09. The van der Waals surface area contributed by atoms with E-state index in [9.17, 15) is 4.39 Å². The summed E-state index contributed by atoms with van der Waals surface area (Å²) >= 11 is 0. The van der Waals surface area contributed by atoms with Gasteiger partial charge in [-0.15, -0.1) is 0 Å². The predicted octanol–water partition coefficient (Wildman–Crippen LogP) is 3.45. The van der Waals surface area contributed by atoms with Crippen molar-refractivity contribution in [1.82, 2.24) is 15.1 Å². The minimum Gasteiger partial charge on any atom is -0.360 e. The van der Waals surface area contributed by atoms with Crippen LogP contribution >= 0.6 is 0 Å². The lowest BCUT2D eigenvalue weighted by molar-refractivity contribution is 0.378.